The molecule has 0 unspecified atom stereocenters. The van der Waals surface area contributed by atoms with Crippen LogP contribution in [0, 0.1) is 0 Å². The molecule has 28 heavy (non-hydrogen) atoms. The fourth-order valence-corrected chi connectivity index (χ4v) is 3.50. The monoisotopic (exact) mass is 380 g/mol. The van der Waals surface area contributed by atoms with Crippen LogP contribution in [-0.4, -0.2) is 25.3 Å². The van der Waals surface area contributed by atoms with Gasteiger partial charge in [-0.3, -0.25) is 4.79 Å². The summed E-state index contributed by atoms with van der Waals surface area (Å²) >= 11 is 0. The highest BCUT2D eigenvalue weighted by Gasteiger charge is 2.15. The van der Waals surface area contributed by atoms with E-state index in [0.717, 1.165) is 17.0 Å². The third-order valence-corrected chi connectivity index (χ3v) is 5.18. The molecule has 0 bridgehead atoms. The first-order valence-electron chi connectivity index (χ1n) is 9.86. The van der Waals surface area contributed by atoms with Gasteiger partial charge in [-0.15, -0.1) is 0 Å². The average molecular weight is 380 g/mol. The van der Waals surface area contributed by atoms with Crippen LogP contribution in [0.15, 0.2) is 53.6 Å². The van der Waals surface area contributed by atoms with Crippen LogP contribution >= 0.6 is 0 Å². The lowest BCUT2D eigenvalue weighted by Gasteiger charge is -2.22. The maximum absolute atomic E-state index is 12.0. The summed E-state index contributed by atoms with van der Waals surface area (Å²) in [6.45, 7) is 1.80. The first kappa shape index (κ1) is 19.9. The number of carbonyl (C=O) groups excluding carboxylic acids is 1. The van der Waals surface area contributed by atoms with Gasteiger partial charge in [-0.2, -0.15) is 5.10 Å². The Morgan fingerprint density at radius 1 is 1.00 bits per heavy atom. The zero-order chi connectivity index (χ0) is 19.8. The second kappa shape index (κ2) is 9.93. The molecule has 0 aromatic heterocycles. The molecule has 0 saturated heterocycles. The number of hydrazone groups is 1. The Balaban J connectivity index is 1.49. The fraction of sp³-hybridized carbons (Fsp3) is 0.391. The first-order chi connectivity index (χ1) is 13.7. The molecule has 5 nitrogen and oxygen atoms in total. The number of rotatable bonds is 7. The van der Waals surface area contributed by atoms with Crippen molar-refractivity contribution in [3.63, 3.8) is 0 Å². The van der Waals surface area contributed by atoms with Crippen molar-refractivity contribution in [2.75, 3.05) is 13.7 Å². The Labute approximate surface area is 166 Å². The molecule has 0 radical (unpaired) electrons. The summed E-state index contributed by atoms with van der Waals surface area (Å²) in [4.78, 5) is 12.0. The smallest absolute Gasteiger partial charge is 0.277 e. The maximum Gasteiger partial charge on any atom is 0.277 e. The topological polar surface area (TPSA) is 59.9 Å². The van der Waals surface area contributed by atoms with E-state index >= 15 is 0 Å². The van der Waals surface area contributed by atoms with E-state index in [2.05, 4.69) is 34.8 Å². The van der Waals surface area contributed by atoms with E-state index in [4.69, 9.17) is 9.47 Å². The van der Waals surface area contributed by atoms with Gasteiger partial charge in [-0.25, -0.2) is 5.43 Å². The van der Waals surface area contributed by atoms with E-state index in [1.54, 1.807) is 31.4 Å². The van der Waals surface area contributed by atoms with E-state index in [1.807, 2.05) is 6.92 Å². The van der Waals surface area contributed by atoms with Gasteiger partial charge in [0, 0.05) is 0 Å². The number of hydrogen-bond donors (Lipinski definition) is 1. The van der Waals surface area contributed by atoms with Gasteiger partial charge in [-0.05, 0) is 61.1 Å². The minimum absolute atomic E-state index is 0.0935. The molecule has 1 fully saturated rings. The first-order valence-corrected chi connectivity index (χ1v) is 9.86. The molecular weight excluding hydrogens is 352 g/mol. The zero-order valence-electron chi connectivity index (χ0n) is 16.6. The summed E-state index contributed by atoms with van der Waals surface area (Å²) in [7, 11) is 1.60. The van der Waals surface area contributed by atoms with Gasteiger partial charge in [0.05, 0.1) is 12.8 Å². The lowest BCUT2D eigenvalue weighted by atomic mass is 9.84. The Morgan fingerprint density at radius 2 is 1.64 bits per heavy atom. The molecule has 3 rings (SSSR count). The number of nitrogens with zero attached hydrogens (tertiary/aromatic N) is 1. The van der Waals surface area contributed by atoms with Crippen LogP contribution in [0.5, 0.6) is 11.5 Å². The highest BCUT2D eigenvalue weighted by Crippen LogP contribution is 2.32. The van der Waals surface area contributed by atoms with Crippen LogP contribution < -0.4 is 14.9 Å². The molecule has 1 aliphatic carbocycles. The lowest BCUT2D eigenvalue weighted by Crippen LogP contribution is -2.25. The van der Waals surface area contributed by atoms with E-state index in [1.165, 1.54) is 37.7 Å². The predicted molar refractivity (Wildman–Crippen MR) is 111 cm³/mol. The molecule has 148 valence electrons. The molecular formula is C23H28N2O3. The molecule has 0 atom stereocenters. The molecule has 2 aromatic carbocycles. The molecule has 5 heteroatoms. The van der Waals surface area contributed by atoms with Gasteiger partial charge in [0.1, 0.15) is 11.5 Å². The third-order valence-electron chi connectivity index (χ3n) is 5.18. The van der Waals surface area contributed by atoms with Gasteiger partial charge < -0.3 is 9.47 Å². The van der Waals surface area contributed by atoms with Crippen molar-refractivity contribution in [3.05, 3.63) is 59.7 Å². The standard InChI is InChI=1S/C23H28N2O3/c1-17(18-8-10-20(11-9-18)19-6-4-3-5-7-19)24-25-23(26)16-28-22-14-12-21(27-2)13-15-22/h8-15,19H,3-7,16H2,1-2H3,(H,25,26)/b24-17+. The molecule has 1 saturated carbocycles. The SMILES string of the molecule is COc1ccc(OCC(=O)N/N=C(\C)c2ccc(C3CCCCC3)cc2)cc1. The second-order valence-electron chi connectivity index (χ2n) is 7.15. The summed E-state index contributed by atoms with van der Waals surface area (Å²) in [5.41, 5.74) is 5.74. The van der Waals surface area contributed by atoms with Gasteiger partial charge in [0.25, 0.3) is 5.91 Å². The lowest BCUT2D eigenvalue weighted by molar-refractivity contribution is -0.123. The van der Waals surface area contributed by atoms with Gasteiger partial charge in [0.2, 0.25) is 0 Å². The quantitative estimate of drug-likeness (QED) is 0.561. The van der Waals surface area contributed by atoms with Crippen LogP contribution in [0.1, 0.15) is 56.1 Å². The number of methoxy groups -OCH3 is 1. The van der Waals surface area contributed by atoms with Crippen molar-refractivity contribution in [1.82, 2.24) is 5.43 Å². The van der Waals surface area contributed by atoms with Crippen LogP contribution in [0.2, 0.25) is 0 Å². The molecule has 0 heterocycles. The van der Waals surface area contributed by atoms with Gasteiger partial charge >= 0.3 is 0 Å². The van der Waals surface area contributed by atoms with Gasteiger partial charge in [0.15, 0.2) is 6.61 Å². The summed E-state index contributed by atoms with van der Waals surface area (Å²) in [5, 5.41) is 4.19. The molecule has 0 aliphatic heterocycles. The molecule has 0 spiro atoms. The Morgan fingerprint density at radius 3 is 2.29 bits per heavy atom. The molecule has 1 amide bonds. The number of amides is 1. The summed E-state index contributed by atoms with van der Waals surface area (Å²) in [6.07, 6.45) is 6.60. The van der Waals surface area contributed by atoms with E-state index in [9.17, 15) is 4.79 Å². The van der Waals surface area contributed by atoms with Crippen LogP contribution in [0.4, 0.5) is 0 Å². The average Bonchev–Trinajstić information content (AvgIpc) is 2.77. The largest absolute Gasteiger partial charge is 0.497 e. The number of hydrogen-bond acceptors (Lipinski definition) is 4. The Hall–Kier alpha value is -2.82. The van der Waals surface area contributed by atoms with E-state index < -0.39 is 0 Å². The molecule has 1 N–H and O–H groups in total. The highest BCUT2D eigenvalue weighted by atomic mass is 16.5. The Bertz CT molecular complexity index is 792. The van der Waals surface area contributed by atoms with E-state index in [0.29, 0.717) is 11.7 Å². The third kappa shape index (κ3) is 5.59. The summed E-state index contributed by atoms with van der Waals surface area (Å²) < 4.78 is 10.5. The number of nitrogens with one attached hydrogen (secondary N) is 1. The molecule has 2 aromatic rings. The number of carbonyl (C=O) groups is 1. The Kier molecular flexibility index (Phi) is 7.06. The highest BCUT2D eigenvalue weighted by molar-refractivity contribution is 5.99. The minimum Gasteiger partial charge on any atom is -0.497 e. The van der Waals surface area contributed by atoms with Gasteiger partial charge in [-0.1, -0.05) is 43.5 Å². The van der Waals surface area contributed by atoms with Crippen molar-refractivity contribution in [2.24, 2.45) is 5.10 Å². The van der Waals surface area contributed by atoms with Crippen LogP contribution in [0.3, 0.4) is 0 Å². The fourth-order valence-electron chi connectivity index (χ4n) is 3.50. The van der Waals surface area contributed by atoms with Crippen molar-refractivity contribution in [3.8, 4) is 11.5 Å². The predicted octanol–water partition coefficient (Wildman–Crippen LogP) is 4.66. The summed E-state index contributed by atoms with van der Waals surface area (Å²) in [6, 6.07) is 15.6. The van der Waals surface area contributed by atoms with Crippen molar-refractivity contribution < 1.29 is 14.3 Å². The zero-order valence-corrected chi connectivity index (χ0v) is 16.6. The second-order valence-corrected chi connectivity index (χ2v) is 7.15. The summed E-state index contributed by atoms with van der Waals surface area (Å²) in [5.74, 6) is 1.74. The molecule has 1 aliphatic rings. The number of ether oxygens (including phenoxy) is 2. The maximum atomic E-state index is 12.0. The van der Waals surface area contributed by atoms with E-state index in [-0.39, 0.29) is 12.5 Å². The minimum atomic E-state index is -0.297. The van der Waals surface area contributed by atoms with Crippen molar-refractivity contribution >= 4 is 11.6 Å². The van der Waals surface area contributed by atoms with Crippen molar-refractivity contribution in [2.45, 2.75) is 44.9 Å². The van der Waals surface area contributed by atoms with Crippen LogP contribution in [0.25, 0.3) is 0 Å². The normalized spacial score (nSPS) is 15.1. The number of benzene rings is 2. The van der Waals surface area contributed by atoms with Crippen LogP contribution in [-0.2, 0) is 4.79 Å². The van der Waals surface area contributed by atoms with Crippen molar-refractivity contribution in [1.29, 1.82) is 0 Å².